The monoisotopic (exact) mass is 949 g/mol. The lowest BCUT2D eigenvalue weighted by atomic mass is 10.0. The van der Waals surface area contributed by atoms with Crippen LogP contribution in [0.5, 0.6) is 23.0 Å². The highest BCUT2D eigenvalue weighted by Crippen LogP contribution is 2.34. The van der Waals surface area contributed by atoms with Crippen LogP contribution in [0.15, 0.2) is 133 Å². The fourth-order valence-corrected chi connectivity index (χ4v) is 8.19. The van der Waals surface area contributed by atoms with Crippen LogP contribution in [0.3, 0.4) is 0 Å². The third-order valence-corrected chi connectivity index (χ3v) is 12.4. The van der Waals surface area contributed by atoms with Crippen LogP contribution < -0.4 is 30.4 Å². The van der Waals surface area contributed by atoms with Gasteiger partial charge in [-0.1, -0.05) is 175 Å². The van der Waals surface area contributed by atoms with Gasteiger partial charge in [0.05, 0.1) is 37.8 Å². The zero-order valence-corrected chi connectivity index (χ0v) is 41.1. The normalized spacial score (nSPS) is 11.4. The van der Waals surface area contributed by atoms with Crippen molar-refractivity contribution in [3.05, 3.63) is 167 Å². The van der Waals surface area contributed by atoms with Gasteiger partial charge in [-0.3, -0.25) is 0 Å². The Morgan fingerprint density at radius 2 is 0.557 bits per heavy atom. The van der Waals surface area contributed by atoms with Crippen molar-refractivity contribution in [1.82, 2.24) is 0 Å². The largest absolute Gasteiger partial charge is 0.494 e. The molecule has 0 radical (unpaired) electrons. The molecule has 8 heteroatoms. The number of unbranched alkanes of at least 4 members (excludes halogenated alkanes) is 16. The quantitative estimate of drug-likeness (QED) is 0.0243. The summed E-state index contributed by atoms with van der Waals surface area (Å²) in [5.74, 6) is 2.77. The number of rotatable bonds is 33. The number of ether oxygens (including phenoxy) is 4. The molecule has 6 aromatic rings. The summed E-state index contributed by atoms with van der Waals surface area (Å²) in [7, 11) is 0. The van der Waals surface area contributed by atoms with E-state index >= 15 is 0 Å². The van der Waals surface area contributed by atoms with Crippen LogP contribution in [0.2, 0.25) is 0 Å². The molecule has 0 aliphatic carbocycles. The van der Waals surface area contributed by atoms with E-state index in [-0.39, 0.29) is 11.6 Å². The molecule has 70 heavy (non-hydrogen) atoms. The van der Waals surface area contributed by atoms with Crippen LogP contribution in [-0.4, -0.2) is 26.4 Å². The van der Waals surface area contributed by atoms with Crippen LogP contribution >= 0.6 is 0 Å². The second-order valence-corrected chi connectivity index (χ2v) is 18.2. The summed E-state index contributed by atoms with van der Waals surface area (Å²) in [6.07, 6.45) is 29.2. The maximum absolute atomic E-state index is 13.1. The van der Waals surface area contributed by atoms with E-state index in [1.165, 1.54) is 101 Å². The van der Waals surface area contributed by atoms with E-state index in [0.717, 1.165) is 108 Å². The van der Waals surface area contributed by atoms with E-state index < -0.39 is 0 Å². The fourth-order valence-electron chi connectivity index (χ4n) is 8.19. The van der Waals surface area contributed by atoms with Gasteiger partial charge in [0.1, 0.15) is 34.6 Å². The van der Waals surface area contributed by atoms with Crippen LogP contribution in [0.25, 0.3) is 35.4 Å². The minimum Gasteiger partial charge on any atom is -0.494 e. The van der Waals surface area contributed by atoms with Crippen molar-refractivity contribution in [1.29, 1.82) is 0 Å². The van der Waals surface area contributed by atoms with Gasteiger partial charge in [0.2, 0.25) is 0 Å². The fraction of sp³-hybridized carbons (Fsp3) is 0.355. The van der Waals surface area contributed by atoms with Crippen molar-refractivity contribution in [2.24, 2.45) is 0 Å². The van der Waals surface area contributed by atoms with E-state index in [9.17, 15) is 8.78 Å². The molecule has 0 atom stereocenters. The lowest BCUT2D eigenvalue weighted by Gasteiger charge is -2.13. The van der Waals surface area contributed by atoms with E-state index in [1.54, 1.807) is 24.3 Å². The van der Waals surface area contributed by atoms with Gasteiger partial charge in [-0.2, -0.15) is 0 Å². The van der Waals surface area contributed by atoms with Gasteiger partial charge in [-0.15, -0.1) is 0 Å². The summed E-state index contributed by atoms with van der Waals surface area (Å²) in [6.45, 7) is 2.76. The highest BCUT2D eigenvalue weighted by Gasteiger charge is 2.09. The highest BCUT2D eigenvalue weighted by atomic mass is 19.1. The van der Waals surface area contributed by atoms with Gasteiger partial charge in [-0.25, -0.2) is 8.78 Å². The molecule has 0 spiro atoms. The van der Waals surface area contributed by atoms with Gasteiger partial charge in [-0.05, 0) is 132 Å². The predicted octanol–water partition coefficient (Wildman–Crippen LogP) is 17.1. The minimum atomic E-state index is -0.224. The number of hydrogen-bond acceptors (Lipinski definition) is 6. The Balaban J connectivity index is 0.736. The van der Waals surface area contributed by atoms with E-state index in [2.05, 4.69) is 0 Å². The summed E-state index contributed by atoms with van der Waals surface area (Å²) in [6, 6.07) is 41.1. The summed E-state index contributed by atoms with van der Waals surface area (Å²) in [4.78, 5) is 0. The first-order valence-electron chi connectivity index (χ1n) is 25.8. The van der Waals surface area contributed by atoms with E-state index in [4.69, 9.17) is 30.4 Å². The Morgan fingerprint density at radius 1 is 0.300 bits per heavy atom. The second-order valence-electron chi connectivity index (χ2n) is 18.2. The molecule has 6 nitrogen and oxygen atoms in total. The van der Waals surface area contributed by atoms with Gasteiger partial charge < -0.3 is 30.4 Å². The molecule has 0 fully saturated rings. The topological polar surface area (TPSA) is 89.0 Å². The van der Waals surface area contributed by atoms with Crippen molar-refractivity contribution >= 4 is 35.7 Å². The Kier molecular flexibility index (Phi) is 23.3. The minimum absolute atomic E-state index is 0.224. The molecular formula is C62H74F2N2O4. The zero-order valence-electron chi connectivity index (χ0n) is 41.1. The molecule has 0 saturated heterocycles. The molecule has 0 aliphatic heterocycles. The van der Waals surface area contributed by atoms with Gasteiger partial charge in [0.15, 0.2) is 0 Å². The van der Waals surface area contributed by atoms with Gasteiger partial charge >= 0.3 is 0 Å². The molecule has 0 unspecified atom stereocenters. The van der Waals surface area contributed by atoms with Gasteiger partial charge in [0, 0.05) is 0 Å². The molecule has 4 N–H and O–H groups in total. The van der Waals surface area contributed by atoms with Crippen LogP contribution in [0, 0.1) is 11.6 Å². The standard InChI is InChI=1S/C62H74F2N2O4/c63-55-33-23-49(24-34-55)19-21-51-27-37-57(38-28-51)67-43-15-11-7-3-1-5-9-13-17-45-69-61-47-53(31-41-59(61)65)54-32-42-60(66)62(48-54)70-46-18-14-10-6-2-4-8-12-16-44-68-58-39-29-52(30-40-58)22-20-50-25-35-56(64)36-26-50/h19-42,47-48H,1-18,43-46,65-66H2/b21-19+,22-20+. The van der Waals surface area contributed by atoms with Crippen LogP contribution in [-0.2, 0) is 0 Å². The molecule has 0 heterocycles. The Hall–Kier alpha value is -6.54. The third kappa shape index (κ3) is 20.2. The van der Waals surface area contributed by atoms with Crippen molar-refractivity contribution in [2.45, 2.75) is 116 Å². The maximum atomic E-state index is 13.1. The zero-order chi connectivity index (χ0) is 48.9. The average Bonchev–Trinajstić information content (AvgIpc) is 3.38. The third-order valence-electron chi connectivity index (χ3n) is 12.4. The number of benzene rings is 6. The molecule has 0 bridgehead atoms. The summed E-state index contributed by atoms with van der Waals surface area (Å²) in [5, 5.41) is 0. The second kappa shape index (κ2) is 30.8. The van der Waals surface area contributed by atoms with Crippen LogP contribution in [0.1, 0.15) is 138 Å². The molecule has 0 amide bonds. The maximum Gasteiger partial charge on any atom is 0.142 e. The van der Waals surface area contributed by atoms with E-state index in [1.807, 2.05) is 109 Å². The van der Waals surface area contributed by atoms with Crippen molar-refractivity contribution < 1.29 is 27.7 Å². The molecular weight excluding hydrogens is 875 g/mol. The van der Waals surface area contributed by atoms with Crippen molar-refractivity contribution in [3.63, 3.8) is 0 Å². The SMILES string of the molecule is Nc1ccc(-c2ccc(N)c(OCCCCCCCCCCCOc3ccc(/C=C/c4ccc(F)cc4)cc3)c2)cc1OCCCCCCCCCCCOc1ccc(/C=C/c2ccc(F)cc2)cc1. The number of halogens is 2. The average molecular weight is 949 g/mol. The molecule has 370 valence electrons. The molecule has 0 saturated carbocycles. The Bertz CT molecular complexity index is 2260. The smallest absolute Gasteiger partial charge is 0.142 e. The molecule has 6 rings (SSSR count). The Morgan fingerprint density at radius 3 is 0.857 bits per heavy atom. The summed E-state index contributed by atoms with van der Waals surface area (Å²) in [5.41, 5.74) is 20.1. The lowest BCUT2D eigenvalue weighted by Crippen LogP contribution is -2.02. The number of nitrogens with two attached hydrogens (primary N) is 2. The predicted molar refractivity (Wildman–Crippen MR) is 289 cm³/mol. The summed E-state index contributed by atoms with van der Waals surface area (Å²) >= 11 is 0. The number of hydrogen-bond donors (Lipinski definition) is 2. The Labute approximate surface area is 416 Å². The number of anilines is 2. The molecule has 0 aliphatic rings. The lowest BCUT2D eigenvalue weighted by molar-refractivity contribution is 0.302. The van der Waals surface area contributed by atoms with E-state index in [0.29, 0.717) is 24.6 Å². The highest BCUT2D eigenvalue weighted by molar-refractivity contribution is 5.74. The summed E-state index contributed by atoms with van der Waals surface area (Å²) < 4.78 is 50.5. The van der Waals surface area contributed by atoms with Crippen molar-refractivity contribution in [2.75, 3.05) is 37.9 Å². The van der Waals surface area contributed by atoms with Crippen LogP contribution in [0.4, 0.5) is 20.2 Å². The first kappa shape index (κ1) is 52.8. The van der Waals surface area contributed by atoms with Crippen molar-refractivity contribution in [3.8, 4) is 34.1 Å². The molecule has 6 aromatic carbocycles. The molecule has 0 aromatic heterocycles. The number of nitrogen functional groups attached to an aromatic ring is 2. The van der Waals surface area contributed by atoms with Gasteiger partial charge in [0.25, 0.3) is 0 Å². The first-order valence-corrected chi connectivity index (χ1v) is 25.8. The first-order chi connectivity index (χ1) is 34.4.